The number of carbonyl (C=O) groups is 1. The van der Waals surface area contributed by atoms with Gasteiger partial charge in [0.05, 0.1) is 31.8 Å². The van der Waals surface area contributed by atoms with E-state index in [-0.39, 0.29) is 24.3 Å². The zero-order valence-corrected chi connectivity index (χ0v) is 18.8. The molecule has 0 aromatic carbocycles. The maximum atomic E-state index is 12.1. The third-order valence-corrected chi connectivity index (χ3v) is 7.43. The normalized spacial score (nSPS) is 31.6. The fourth-order valence-electron chi connectivity index (χ4n) is 5.65. The number of rotatable bonds is 7. The first kappa shape index (κ1) is 22.5. The Kier molecular flexibility index (Phi) is 8.41. The molecule has 4 aliphatic rings. The molecule has 7 nitrogen and oxygen atoms in total. The molecule has 0 aromatic heterocycles. The molecule has 4 rings (SSSR count). The largest absolute Gasteiger partial charge is 0.466 e. The molecule has 0 bridgehead atoms. The molecule has 0 N–H and O–H groups in total. The number of ether oxygens (including phenoxy) is 3. The van der Waals surface area contributed by atoms with Crippen molar-refractivity contribution in [3.05, 3.63) is 0 Å². The van der Waals surface area contributed by atoms with E-state index in [0.29, 0.717) is 12.6 Å². The summed E-state index contributed by atoms with van der Waals surface area (Å²) in [5.41, 5.74) is 0. The van der Waals surface area contributed by atoms with E-state index in [4.69, 9.17) is 14.2 Å². The molecule has 0 amide bonds. The quantitative estimate of drug-likeness (QED) is 0.583. The molecule has 1 aliphatic carbocycles. The van der Waals surface area contributed by atoms with Crippen molar-refractivity contribution in [3.63, 3.8) is 0 Å². The molecule has 3 saturated heterocycles. The maximum absolute atomic E-state index is 12.1. The molecule has 1 saturated carbocycles. The molecule has 7 heteroatoms. The van der Waals surface area contributed by atoms with Crippen molar-refractivity contribution in [3.8, 4) is 0 Å². The fourth-order valence-corrected chi connectivity index (χ4v) is 5.65. The standard InChI is InChI=1S/C23H41N3O4/c1-2-29-22(27)19-5-7-21(8-6-19)30-23(25-11-3-4-12-25)26-13-9-20(10-14-26)24-15-17-28-18-16-24/h19-21,23H,2-18H2,1H3/t19-,21-,23?. The SMILES string of the molecule is CCOC(=O)[C@H]1CC[C@H](OC(N2CCCC2)N2CCC(N3CCOCC3)CC2)CC1. The third kappa shape index (κ3) is 5.74. The molecule has 4 fully saturated rings. The van der Waals surface area contributed by atoms with Gasteiger partial charge >= 0.3 is 5.97 Å². The number of esters is 1. The first-order chi connectivity index (χ1) is 14.7. The smallest absolute Gasteiger partial charge is 0.308 e. The molecule has 3 heterocycles. The summed E-state index contributed by atoms with van der Waals surface area (Å²) in [7, 11) is 0. The van der Waals surface area contributed by atoms with Crippen LogP contribution in [0.1, 0.15) is 58.3 Å². The Hall–Kier alpha value is -0.730. The molecule has 30 heavy (non-hydrogen) atoms. The highest BCUT2D eigenvalue weighted by molar-refractivity contribution is 5.72. The van der Waals surface area contributed by atoms with Crippen LogP contribution < -0.4 is 0 Å². The zero-order valence-electron chi connectivity index (χ0n) is 18.8. The Balaban J connectivity index is 1.29. The lowest BCUT2D eigenvalue weighted by molar-refractivity contribution is -0.191. The lowest BCUT2D eigenvalue weighted by Crippen LogP contribution is -2.56. The van der Waals surface area contributed by atoms with Crippen LogP contribution in [0.5, 0.6) is 0 Å². The van der Waals surface area contributed by atoms with Gasteiger partial charge in [0.1, 0.15) is 0 Å². The molecule has 1 unspecified atom stereocenters. The van der Waals surface area contributed by atoms with Gasteiger partial charge in [0.15, 0.2) is 6.35 Å². The third-order valence-electron chi connectivity index (χ3n) is 7.43. The average molecular weight is 424 g/mol. The first-order valence-electron chi connectivity index (χ1n) is 12.4. The number of hydrogen-bond donors (Lipinski definition) is 0. The summed E-state index contributed by atoms with van der Waals surface area (Å²) in [4.78, 5) is 19.8. The minimum Gasteiger partial charge on any atom is -0.466 e. The molecule has 3 aliphatic heterocycles. The van der Waals surface area contributed by atoms with Gasteiger partial charge in [-0.25, -0.2) is 0 Å². The van der Waals surface area contributed by atoms with Gasteiger partial charge in [-0.2, -0.15) is 0 Å². The van der Waals surface area contributed by atoms with Gasteiger partial charge < -0.3 is 14.2 Å². The number of likely N-dealkylation sites (tertiary alicyclic amines) is 2. The molecular weight excluding hydrogens is 382 g/mol. The zero-order chi connectivity index (χ0) is 20.8. The first-order valence-corrected chi connectivity index (χ1v) is 12.4. The van der Waals surface area contributed by atoms with Gasteiger partial charge in [0, 0.05) is 45.3 Å². The summed E-state index contributed by atoms with van der Waals surface area (Å²) in [6.07, 6.45) is 9.12. The summed E-state index contributed by atoms with van der Waals surface area (Å²) in [5, 5.41) is 0. The predicted octanol–water partition coefficient (Wildman–Crippen LogP) is 2.30. The highest BCUT2D eigenvalue weighted by Crippen LogP contribution is 2.31. The second-order valence-electron chi connectivity index (χ2n) is 9.35. The Morgan fingerprint density at radius 1 is 0.900 bits per heavy atom. The fraction of sp³-hybridized carbons (Fsp3) is 0.957. The minimum atomic E-state index is -0.0165. The van der Waals surface area contributed by atoms with E-state index in [9.17, 15) is 4.79 Å². The predicted molar refractivity (Wildman–Crippen MR) is 115 cm³/mol. The van der Waals surface area contributed by atoms with Gasteiger partial charge in [-0.3, -0.25) is 19.5 Å². The van der Waals surface area contributed by atoms with E-state index in [1.54, 1.807) is 0 Å². The highest BCUT2D eigenvalue weighted by Gasteiger charge is 2.36. The van der Waals surface area contributed by atoms with Crippen molar-refractivity contribution in [2.45, 2.75) is 76.8 Å². The van der Waals surface area contributed by atoms with E-state index in [2.05, 4.69) is 14.7 Å². The lowest BCUT2D eigenvalue weighted by atomic mass is 9.87. The van der Waals surface area contributed by atoms with Gasteiger partial charge in [-0.15, -0.1) is 0 Å². The molecule has 0 aromatic rings. The van der Waals surface area contributed by atoms with E-state index in [0.717, 1.165) is 78.2 Å². The number of morpholine rings is 1. The van der Waals surface area contributed by atoms with Crippen molar-refractivity contribution in [2.24, 2.45) is 5.92 Å². The van der Waals surface area contributed by atoms with Crippen LogP contribution >= 0.6 is 0 Å². The summed E-state index contributed by atoms with van der Waals surface area (Å²) in [5.74, 6) is 0.0523. The van der Waals surface area contributed by atoms with E-state index in [1.165, 1.54) is 25.7 Å². The maximum Gasteiger partial charge on any atom is 0.308 e. The van der Waals surface area contributed by atoms with Gasteiger partial charge in [0.25, 0.3) is 0 Å². The van der Waals surface area contributed by atoms with Gasteiger partial charge in [0.2, 0.25) is 0 Å². The molecule has 0 radical (unpaired) electrons. The minimum absolute atomic E-state index is 0.0165. The van der Waals surface area contributed by atoms with Crippen LogP contribution in [0, 0.1) is 5.92 Å². The summed E-state index contributed by atoms with van der Waals surface area (Å²) < 4.78 is 17.5. The second-order valence-corrected chi connectivity index (χ2v) is 9.35. The Labute approximate surface area is 182 Å². The van der Waals surface area contributed by atoms with Crippen molar-refractivity contribution in [2.75, 3.05) is 59.1 Å². The van der Waals surface area contributed by atoms with Crippen LogP contribution in [0.25, 0.3) is 0 Å². The van der Waals surface area contributed by atoms with Crippen molar-refractivity contribution >= 4 is 5.97 Å². The van der Waals surface area contributed by atoms with Gasteiger partial charge in [-0.05, 0) is 58.3 Å². The Morgan fingerprint density at radius 2 is 1.53 bits per heavy atom. The Bertz CT molecular complexity index is 521. The lowest BCUT2D eigenvalue weighted by Gasteiger charge is -2.45. The molecular formula is C23H41N3O4. The van der Waals surface area contributed by atoms with E-state index >= 15 is 0 Å². The van der Waals surface area contributed by atoms with Crippen LogP contribution in [0.15, 0.2) is 0 Å². The summed E-state index contributed by atoms with van der Waals surface area (Å²) in [6, 6.07) is 0.699. The van der Waals surface area contributed by atoms with Crippen LogP contribution in [-0.4, -0.2) is 98.3 Å². The van der Waals surface area contributed by atoms with Crippen LogP contribution in [0.3, 0.4) is 0 Å². The summed E-state index contributed by atoms with van der Waals surface area (Å²) >= 11 is 0. The van der Waals surface area contributed by atoms with Crippen molar-refractivity contribution < 1.29 is 19.0 Å². The van der Waals surface area contributed by atoms with Crippen molar-refractivity contribution in [1.29, 1.82) is 0 Å². The number of piperidine rings is 1. The number of nitrogens with zero attached hydrogens (tertiary/aromatic N) is 3. The molecule has 1 atom stereocenters. The van der Waals surface area contributed by atoms with E-state index in [1.807, 2.05) is 6.92 Å². The van der Waals surface area contributed by atoms with Crippen LogP contribution in [0.2, 0.25) is 0 Å². The average Bonchev–Trinajstić information content (AvgIpc) is 3.33. The summed E-state index contributed by atoms with van der Waals surface area (Å²) in [6.45, 7) is 10.8. The highest BCUT2D eigenvalue weighted by atomic mass is 16.5. The molecule has 172 valence electrons. The van der Waals surface area contributed by atoms with Crippen LogP contribution in [-0.2, 0) is 19.0 Å². The second kappa shape index (κ2) is 11.2. The number of carbonyl (C=O) groups excluding carboxylic acids is 1. The van der Waals surface area contributed by atoms with Crippen LogP contribution in [0.4, 0.5) is 0 Å². The van der Waals surface area contributed by atoms with Gasteiger partial charge in [-0.1, -0.05) is 0 Å². The topological polar surface area (TPSA) is 54.5 Å². The molecule has 0 spiro atoms. The Morgan fingerprint density at radius 3 is 2.17 bits per heavy atom. The van der Waals surface area contributed by atoms with Crippen molar-refractivity contribution in [1.82, 2.24) is 14.7 Å². The van der Waals surface area contributed by atoms with E-state index < -0.39 is 0 Å². The number of hydrogen-bond acceptors (Lipinski definition) is 7. The monoisotopic (exact) mass is 423 g/mol.